The molecule has 1 saturated heterocycles. The lowest BCUT2D eigenvalue weighted by molar-refractivity contribution is -0.117. The number of rotatable bonds is 3. The summed E-state index contributed by atoms with van der Waals surface area (Å²) in [5, 5.41) is 13.8. The standard InChI is InChI=1S/C13H14N4O2S/c1-8-16-17-13(19-8)9-2-4-10(5-3-9)15-12(18)11-6-20-7-14-11/h2-5,11,14H,6-7H2,1H3,(H,15,18). The van der Waals surface area contributed by atoms with Gasteiger partial charge in [-0.2, -0.15) is 0 Å². The monoisotopic (exact) mass is 290 g/mol. The van der Waals surface area contributed by atoms with E-state index in [9.17, 15) is 4.79 Å². The first-order valence-electron chi connectivity index (χ1n) is 6.25. The lowest BCUT2D eigenvalue weighted by atomic mass is 10.2. The van der Waals surface area contributed by atoms with Crippen molar-refractivity contribution < 1.29 is 9.21 Å². The van der Waals surface area contributed by atoms with Gasteiger partial charge in [-0.15, -0.1) is 22.0 Å². The van der Waals surface area contributed by atoms with E-state index in [0.29, 0.717) is 11.8 Å². The maximum absolute atomic E-state index is 11.9. The van der Waals surface area contributed by atoms with Crippen molar-refractivity contribution in [3.8, 4) is 11.5 Å². The Hall–Kier alpha value is -1.86. The highest BCUT2D eigenvalue weighted by Gasteiger charge is 2.22. The fourth-order valence-electron chi connectivity index (χ4n) is 1.90. The molecule has 2 aromatic rings. The summed E-state index contributed by atoms with van der Waals surface area (Å²) in [6.45, 7) is 1.75. The van der Waals surface area contributed by atoms with Crippen molar-refractivity contribution in [2.24, 2.45) is 0 Å². The topological polar surface area (TPSA) is 80.0 Å². The van der Waals surface area contributed by atoms with E-state index in [0.717, 1.165) is 22.9 Å². The maximum atomic E-state index is 11.9. The molecule has 1 atom stereocenters. The zero-order valence-electron chi connectivity index (χ0n) is 10.9. The van der Waals surface area contributed by atoms with Gasteiger partial charge in [0.05, 0.1) is 6.04 Å². The molecule has 7 heteroatoms. The van der Waals surface area contributed by atoms with Crippen LogP contribution in [0.5, 0.6) is 0 Å². The first-order chi connectivity index (χ1) is 9.72. The van der Waals surface area contributed by atoms with Gasteiger partial charge in [0, 0.05) is 29.8 Å². The van der Waals surface area contributed by atoms with Crippen LogP contribution < -0.4 is 10.6 Å². The number of hydrogen-bond donors (Lipinski definition) is 2. The number of anilines is 1. The second-order valence-corrected chi connectivity index (χ2v) is 5.49. The van der Waals surface area contributed by atoms with Gasteiger partial charge in [0.2, 0.25) is 17.7 Å². The van der Waals surface area contributed by atoms with Crippen LogP contribution in [0.4, 0.5) is 5.69 Å². The van der Waals surface area contributed by atoms with Crippen LogP contribution in [0.25, 0.3) is 11.5 Å². The van der Waals surface area contributed by atoms with Gasteiger partial charge in [-0.1, -0.05) is 0 Å². The molecule has 0 spiro atoms. The first kappa shape index (κ1) is 13.1. The van der Waals surface area contributed by atoms with Crippen LogP contribution in [0, 0.1) is 6.92 Å². The van der Waals surface area contributed by atoms with E-state index in [1.54, 1.807) is 18.7 Å². The largest absolute Gasteiger partial charge is 0.421 e. The minimum atomic E-state index is -0.113. The smallest absolute Gasteiger partial charge is 0.247 e. The molecule has 3 rings (SSSR count). The summed E-state index contributed by atoms with van der Waals surface area (Å²) in [5.74, 6) is 2.64. The second kappa shape index (κ2) is 5.64. The van der Waals surface area contributed by atoms with Gasteiger partial charge in [-0.3, -0.25) is 10.1 Å². The number of hydrogen-bond acceptors (Lipinski definition) is 6. The highest BCUT2D eigenvalue weighted by molar-refractivity contribution is 7.99. The predicted octanol–water partition coefficient (Wildman–Crippen LogP) is 1.65. The van der Waals surface area contributed by atoms with E-state index < -0.39 is 0 Å². The number of aromatic nitrogens is 2. The summed E-state index contributed by atoms with van der Waals surface area (Å²) in [5.41, 5.74) is 1.59. The molecule has 20 heavy (non-hydrogen) atoms. The fraction of sp³-hybridized carbons (Fsp3) is 0.308. The van der Waals surface area contributed by atoms with Crippen molar-refractivity contribution in [1.29, 1.82) is 0 Å². The summed E-state index contributed by atoms with van der Waals surface area (Å²) in [6, 6.07) is 7.24. The molecule has 1 aromatic heterocycles. The molecule has 1 aliphatic rings. The van der Waals surface area contributed by atoms with Crippen molar-refractivity contribution in [2.45, 2.75) is 13.0 Å². The molecular formula is C13H14N4O2S. The van der Waals surface area contributed by atoms with E-state index in [4.69, 9.17) is 4.42 Å². The lowest BCUT2D eigenvalue weighted by Crippen LogP contribution is -2.37. The first-order valence-corrected chi connectivity index (χ1v) is 7.40. The third-order valence-electron chi connectivity index (χ3n) is 2.96. The van der Waals surface area contributed by atoms with Crippen LogP contribution in [0.3, 0.4) is 0 Å². The van der Waals surface area contributed by atoms with Gasteiger partial charge in [0.25, 0.3) is 0 Å². The molecule has 1 amide bonds. The van der Waals surface area contributed by atoms with E-state index in [1.807, 2.05) is 24.3 Å². The van der Waals surface area contributed by atoms with Gasteiger partial charge in [0.15, 0.2) is 0 Å². The number of nitrogens with one attached hydrogen (secondary N) is 2. The quantitative estimate of drug-likeness (QED) is 0.894. The summed E-state index contributed by atoms with van der Waals surface area (Å²) in [4.78, 5) is 11.9. The molecule has 2 N–H and O–H groups in total. The Morgan fingerprint density at radius 3 is 2.80 bits per heavy atom. The molecule has 1 unspecified atom stereocenters. The Balaban J connectivity index is 1.68. The third kappa shape index (κ3) is 2.83. The van der Waals surface area contributed by atoms with Crippen LogP contribution in [0.15, 0.2) is 28.7 Å². The molecule has 0 radical (unpaired) electrons. The van der Waals surface area contributed by atoms with Crippen molar-refractivity contribution in [2.75, 3.05) is 16.9 Å². The number of amides is 1. The number of benzene rings is 1. The van der Waals surface area contributed by atoms with Crippen molar-refractivity contribution in [3.63, 3.8) is 0 Å². The molecule has 1 aromatic carbocycles. The average molecular weight is 290 g/mol. The minimum absolute atomic E-state index is 0.00335. The van der Waals surface area contributed by atoms with Gasteiger partial charge in [-0.25, -0.2) is 0 Å². The predicted molar refractivity (Wildman–Crippen MR) is 77.3 cm³/mol. The molecule has 104 valence electrons. The Kier molecular flexibility index (Phi) is 3.70. The minimum Gasteiger partial charge on any atom is -0.421 e. The van der Waals surface area contributed by atoms with Crippen LogP contribution in [0.2, 0.25) is 0 Å². The highest BCUT2D eigenvalue weighted by Crippen LogP contribution is 2.20. The van der Waals surface area contributed by atoms with Crippen molar-refractivity contribution in [1.82, 2.24) is 15.5 Å². The molecule has 0 saturated carbocycles. The Labute approximate surface area is 120 Å². The zero-order chi connectivity index (χ0) is 13.9. The molecule has 0 aliphatic carbocycles. The number of aryl methyl sites for hydroxylation is 1. The van der Waals surface area contributed by atoms with Crippen LogP contribution in [-0.4, -0.2) is 33.8 Å². The third-order valence-corrected chi connectivity index (χ3v) is 3.90. The summed E-state index contributed by atoms with van der Waals surface area (Å²) < 4.78 is 5.35. The number of carbonyl (C=O) groups excluding carboxylic acids is 1. The normalized spacial score (nSPS) is 18.1. The fourth-order valence-corrected chi connectivity index (χ4v) is 2.84. The van der Waals surface area contributed by atoms with E-state index in [-0.39, 0.29) is 11.9 Å². The number of carbonyl (C=O) groups is 1. The summed E-state index contributed by atoms with van der Waals surface area (Å²) in [7, 11) is 0. The lowest BCUT2D eigenvalue weighted by Gasteiger charge is -2.10. The molecule has 2 heterocycles. The summed E-state index contributed by atoms with van der Waals surface area (Å²) >= 11 is 1.72. The Morgan fingerprint density at radius 1 is 1.40 bits per heavy atom. The summed E-state index contributed by atoms with van der Waals surface area (Å²) in [6.07, 6.45) is 0. The number of nitrogens with zero attached hydrogens (tertiary/aromatic N) is 2. The average Bonchev–Trinajstić information content (AvgIpc) is 3.10. The van der Waals surface area contributed by atoms with Crippen LogP contribution in [-0.2, 0) is 4.79 Å². The Morgan fingerprint density at radius 2 is 2.20 bits per heavy atom. The van der Waals surface area contributed by atoms with Crippen LogP contribution >= 0.6 is 11.8 Å². The number of thioether (sulfide) groups is 1. The van der Waals surface area contributed by atoms with E-state index >= 15 is 0 Å². The zero-order valence-corrected chi connectivity index (χ0v) is 11.7. The maximum Gasteiger partial charge on any atom is 0.247 e. The van der Waals surface area contributed by atoms with Gasteiger partial charge >= 0.3 is 0 Å². The SMILES string of the molecule is Cc1nnc(-c2ccc(NC(=O)C3CSCN3)cc2)o1. The Bertz CT molecular complexity index is 605. The van der Waals surface area contributed by atoms with E-state index in [2.05, 4.69) is 20.8 Å². The van der Waals surface area contributed by atoms with Crippen molar-refractivity contribution >= 4 is 23.4 Å². The molecule has 6 nitrogen and oxygen atoms in total. The van der Waals surface area contributed by atoms with Crippen molar-refractivity contribution in [3.05, 3.63) is 30.2 Å². The van der Waals surface area contributed by atoms with Gasteiger partial charge < -0.3 is 9.73 Å². The van der Waals surface area contributed by atoms with Gasteiger partial charge in [0.1, 0.15) is 0 Å². The van der Waals surface area contributed by atoms with Crippen LogP contribution in [0.1, 0.15) is 5.89 Å². The molecule has 1 fully saturated rings. The molecule has 0 bridgehead atoms. The second-order valence-electron chi connectivity index (χ2n) is 4.46. The molecular weight excluding hydrogens is 276 g/mol. The van der Waals surface area contributed by atoms with E-state index in [1.165, 1.54) is 0 Å². The highest BCUT2D eigenvalue weighted by atomic mass is 32.2. The van der Waals surface area contributed by atoms with Gasteiger partial charge in [-0.05, 0) is 24.3 Å². The molecule has 1 aliphatic heterocycles.